The Morgan fingerprint density at radius 3 is 2.71 bits per heavy atom. The van der Waals surface area contributed by atoms with Gasteiger partial charge in [-0.1, -0.05) is 0 Å². The van der Waals surface area contributed by atoms with Crippen LogP contribution < -0.4 is 0 Å². The Hall–Kier alpha value is -1.57. The van der Waals surface area contributed by atoms with Gasteiger partial charge >= 0.3 is 0 Å². The lowest BCUT2D eigenvalue weighted by Gasteiger charge is -2.29. The number of rotatable bonds is 4. The molecule has 0 N–H and O–H groups in total. The predicted octanol–water partition coefficient (Wildman–Crippen LogP) is 0.135. The highest BCUT2D eigenvalue weighted by atomic mass is 16.5. The van der Waals surface area contributed by atoms with Gasteiger partial charge in [0.25, 0.3) is 0 Å². The van der Waals surface area contributed by atoms with Gasteiger partial charge in [-0.2, -0.15) is 0 Å². The molecule has 2 aliphatic heterocycles. The minimum atomic E-state index is 0.183. The molecule has 1 aromatic heterocycles. The van der Waals surface area contributed by atoms with Crippen LogP contribution >= 0.6 is 0 Å². The standard InChI is InChI=1S/C17H26N4O3/c1-14-9-19-16(10-18-14)8-15-11-21(4-7-24-13-15)17(22)12-20-2-5-23-6-3-20/h9-10,15H,2-8,11-13H2,1H3/t15-/m0/s1. The van der Waals surface area contributed by atoms with Crippen molar-refractivity contribution in [3.63, 3.8) is 0 Å². The minimum Gasteiger partial charge on any atom is -0.379 e. The zero-order valence-electron chi connectivity index (χ0n) is 14.3. The predicted molar refractivity (Wildman–Crippen MR) is 88.6 cm³/mol. The van der Waals surface area contributed by atoms with Gasteiger partial charge in [0.1, 0.15) is 0 Å². The molecule has 3 heterocycles. The van der Waals surface area contributed by atoms with E-state index in [0.717, 1.165) is 37.4 Å². The number of aryl methyl sites for hydroxylation is 1. The second-order valence-electron chi connectivity index (χ2n) is 6.52. The zero-order chi connectivity index (χ0) is 16.8. The van der Waals surface area contributed by atoms with E-state index < -0.39 is 0 Å². The molecule has 132 valence electrons. The first-order chi connectivity index (χ1) is 11.7. The van der Waals surface area contributed by atoms with E-state index >= 15 is 0 Å². The lowest BCUT2D eigenvalue weighted by atomic mass is 10.0. The maximum absolute atomic E-state index is 12.6. The normalized spacial score (nSPS) is 23.0. The smallest absolute Gasteiger partial charge is 0.236 e. The third-order valence-electron chi connectivity index (χ3n) is 4.49. The van der Waals surface area contributed by atoms with Gasteiger partial charge in [0.15, 0.2) is 0 Å². The van der Waals surface area contributed by atoms with Gasteiger partial charge in [-0.15, -0.1) is 0 Å². The number of hydrogen-bond donors (Lipinski definition) is 0. The molecule has 7 heteroatoms. The average Bonchev–Trinajstić information content (AvgIpc) is 2.83. The Bertz CT molecular complexity index is 531. The number of ether oxygens (including phenoxy) is 2. The van der Waals surface area contributed by atoms with Crippen molar-refractivity contribution in [3.05, 3.63) is 23.8 Å². The summed E-state index contributed by atoms with van der Waals surface area (Å²) in [6, 6.07) is 0. The van der Waals surface area contributed by atoms with E-state index in [-0.39, 0.29) is 11.8 Å². The summed E-state index contributed by atoms with van der Waals surface area (Å²) < 4.78 is 11.0. The van der Waals surface area contributed by atoms with Crippen molar-refractivity contribution in [3.8, 4) is 0 Å². The molecule has 0 aromatic carbocycles. The molecule has 0 unspecified atom stereocenters. The Morgan fingerprint density at radius 2 is 1.96 bits per heavy atom. The van der Waals surface area contributed by atoms with Crippen LogP contribution in [0.1, 0.15) is 11.4 Å². The third kappa shape index (κ3) is 4.96. The molecule has 1 atom stereocenters. The van der Waals surface area contributed by atoms with E-state index in [1.54, 1.807) is 6.20 Å². The summed E-state index contributed by atoms with van der Waals surface area (Å²) in [4.78, 5) is 25.4. The molecular weight excluding hydrogens is 308 g/mol. The fraction of sp³-hybridized carbons (Fsp3) is 0.706. The van der Waals surface area contributed by atoms with Crippen molar-refractivity contribution < 1.29 is 14.3 Å². The maximum atomic E-state index is 12.6. The molecule has 2 aliphatic rings. The molecule has 0 bridgehead atoms. The van der Waals surface area contributed by atoms with E-state index in [4.69, 9.17) is 9.47 Å². The van der Waals surface area contributed by atoms with Crippen LogP contribution in [0.3, 0.4) is 0 Å². The summed E-state index contributed by atoms with van der Waals surface area (Å²) in [6.07, 6.45) is 4.39. The Labute approximate surface area is 143 Å². The van der Waals surface area contributed by atoms with E-state index in [1.165, 1.54) is 0 Å². The number of morpholine rings is 1. The van der Waals surface area contributed by atoms with Crippen molar-refractivity contribution >= 4 is 5.91 Å². The van der Waals surface area contributed by atoms with Crippen LogP contribution in [0.5, 0.6) is 0 Å². The highest BCUT2D eigenvalue weighted by molar-refractivity contribution is 5.78. The second-order valence-corrected chi connectivity index (χ2v) is 6.52. The monoisotopic (exact) mass is 334 g/mol. The molecule has 0 radical (unpaired) electrons. The van der Waals surface area contributed by atoms with Crippen molar-refractivity contribution in [2.75, 3.05) is 59.2 Å². The number of carbonyl (C=O) groups excluding carboxylic acids is 1. The Kier molecular flexibility index (Phi) is 6.12. The first-order valence-electron chi connectivity index (χ1n) is 8.64. The van der Waals surface area contributed by atoms with Gasteiger partial charge in [0.2, 0.25) is 5.91 Å². The van der Waals surface area contributed by atoms with E-state index in [9.17, 15) is 4.79 Å². The molecule has 2 saturated heterocycles. The van der Waals surface area contributed by atoms with Crippen molar-refractivity contribution in [2.24, 2.45) is 5.92 Å². The lowest BCUT2D eigenvalue weighted by Crippen LogP contribution is -2.46. The van der Waals surface area contributed by atoms with Crippen LogP contribution in [-0.4, -0.2) is 84.8 Å². The molecule has 24 heavy (non-hydrogen) atoms. The highest BCUT2D eigenvalue weighted by Crippen LogP contribution is 2.13. The van der Waals surface area contributed by atoms with Gasteiger partial charge in [-0.3, -0.25) is 19.7 Å². The summed E-state index contributed by atoms with van der Waals surface area (Å²) in [5, 5.41) is 0. The SMILES string of the molecule is Cc1cnc(C[C@@H]2COCCN(C(=O)CN3CCOCC3)C2)cn1. The molecule has 2 fully saturated rings. The summed E-state index contributed by atoms with van der Waals surface area (Å²) >= 11 is 0. The van der Waals surface area contributed by atoms with Crippen LogP contribution in [0.25, 0.3) is 0 Å². The minimum absolute atomic E-state index is 0.183. The van der Waals surface area contributed by atoms with E-state index in [2.05, 4.69) is 14.9 Å². The van der Waals surface area contributed by atoms with E-state index in [1.807, 2.05) is 18.0 Å². The first-order valence-corrected chi connectivity index (χ1v) is 8.64. The maximum Gasteiger partial charge on any atom is 0.236 e. The molecule has 1 aromatic rings. The Morgan fingerprint density at radius 1 is 1.17 bits per heavy atom. The molecule has 0 saturated carbocycles. The molecule has 1 amide bonds. The highest BCUT2D eigenvalue weighted by Gasteiger charge is 2.25. The van der Waals surface area contributed by atoms with Crippen molar-refractivity contribution in [2.45, 2.75) is 13.3 Å². The van der Waals surface area contributed by atoms with Crippen molar-refractivity contribution in [1.29, 1.82) is 0 Å². The number of hydrogen-bond acceptors (Lipinski definition) is 6. The number of nitrogens with zero attached hydrogens (tertiary/aromatic N) is 4. The fourth-order valence-electron chi connectivity index (χ4n) is 3.10. The third-order valence-corrected chi connectivity index (χ3v) is 4.49. The number of carbonyl (C=O) groups is 1. The molecule has 0 aliphatic carbocycles. The fourth-order valence-corrected chi connectivity index (χ4v) is 3.10. The molecule has 3 rings (SSSR count). The Balaban J connectivity index is 1.55. The summed E-state index contributed by atoms with van der Waals surface area (Å²) in [6.45, 7) is 8.14. The van der Waals surface area contributed by atoms with Crippen LogP contribution in [-0.2, 0) is 20.7 Å². The topological polar surface area (TPSA) is 67.8 Å². The lowest BCUT2D eigenvalue weighted by molar-refractivity contribution is -0.133. The first kappa shape index (κ1) is 17.3. The molecule has 0 spiro atoms. The summed E-state index contributed by atoms with van der Waals surface area (Å²) in [5.74, 6) is 0.445. The van der Waals surface area contributed by atoms with Crippen molar-refractivity contribution in [1.82, 2.24) is 19.8 Å². The molecular formula is C17H26N4O3. The van der Waals surface area contributed by atoms with E-state index in [0.29, 0.717) is 39.5 Å². The largest absolute Gasteiger partial charge is 0.379 e. The van der Waals surface area contributed by atoms with Gasteiger partial charge in [0, 0.05) is 44.5 Å². The quantitative estimate of drug-likeness (QED) is 0.780. The van der Waals surface area contributed by atoms with Gasteiger partial charge in [0.05, 0.1) is 44.4 Å². The molecule has 7 nitrogen and oxygen atoms in total. The zero-order valence-corrected chi connectivity index (χ0v) is 14.3. The van der Waals surface area contributed by atoms with Crippen LogP contribution in [0.4, 0.5) is 0 Å². The second kappa shape index (κ2) is 8.50. The van der Waals surface area contributed by atoms with Crippen LogP contribution in [0.15, 0.2) is 12.4 Å². The van der Waals surface area contributed by atoms with Gasteiger partial charge in [-0.25, -0.2) is 0 Å². The average molecular weight is 334 g/mol. The summed E-state index contributed by atoms with van der Waals surface area (Å²) in [5.41, 5.74) is 1.87. The van der Waals surface area contributed by atoms with Gasteiger partial charge in [-0.05, 0) is 13.3 Å². The van der Waals surface area contributed by atoms with Gasteiger partial charge < -0.3 is 14.4 Å². The number of amides is 1. The van der Waals surface area contributed by atoms with Crippen LogP contribution in [0.2, 0.25) is 0 Å². The van der Waals surface area contributed by atoms with Crippen LogP contribution in [0, 0.1) is 12.8 Å². The summed E-state index contributed by atoms with van der Waals surface area (Å²) in [7, 11) is 0. The number of aromatic nitrogens is 2.